The molecule has 1 N–H and O–H groups in total. The molecule has 94 valence electrons. The maximum absolute atomic E-state index is 9.05. The lowest BCUT2D eigenvalue weighted by Gasteiger charge is -2.40. The monoisotopic (exact) mass is 296 g/mol. The zero-order valence-electron chi connectivity index (χ0n) is 10.6. The molecule has 0 heterocycles. The van der Waals surface area contributed by atoms with Crippen LogP contribution in [-0.2, 0) is 6.61 Å². The second-order valence-electron chi connectivity index (χ2n) is 5.83. The van der Waals surface area contributed by atoms with E-state index < -0.39 is 0 Å². The van der Waals surface area contributed by atoms with E-state index >= 15 is 0 Å². The predicted octanol–water partition coefficient (Wildman–Crippen LogP) is 4.24. The number of aliphatic hydroxyl groups excluding tert-OH is 1. The van der Waals surface area contributed by atoms with Gasteiger partial charge in [0.1, 0.15) is 0 Å². The molecule has 2 heteroatoms. The molecule has 0 saturated heterocycles. The van der Waals surface area contributed by atoms with Gasteiger partial charge >= 0.3 is 0 Å². The van der Waals surface area contributed by atoms with Crippen LogP contribution in [0.3, 0.4) is 0 Å². The van der Waals surface area contributed by atoms with E-state index in [9.17, 15) is 0 Å². The van der Waals surface area contributed by atoms with Gasteiger partial charge in [-0.15, -0.1) is 0 Å². The molecular weight excluding hydrogens is 276 g/mol. The molecule has 1 nitrogen and oxygen atoms in total. The third kappa shape index (κ3) is 2.92. The molecule has 0 radical (unpaired) electrons. The third-order valence-corrected chi connectivity index (χ3v) is 5.72. The van der Waals surface area contributed by atoms with Crippen LogP contribution in [0.25, 0.3) is 0 Å². The summed E-state index contributed by atoms with van der Waals surface area (Å²) in [6, 6.07) is 8.45. The Morgan fingerprint density at radius 2 is 1.88 bits per heavy atom. The van der Waals surface area contributed by atoms with Crippen LogP contribution in [0.15, 0.2) is 24.3 Å². The quantitative estimate of drug-likeness (QED) is 0.810. The van der Waals surface area contributed by atoms with E-state index in [0.29, 0.717) is 16.2 Å². The summed E-state index contributed by atoms with van der Waals surface area (Å²) in [7, 11) is 0. The van der Waals surface area contributed by atoms with Crippen molar-refractivity contribution in [1.29, 1.82) is 0 Å². The largest absolute Gasteiger partial charge is 0.392 e. The molecule has 0 bridgehead atoms. The van der Waals surface area contributed by atoms with E-state index in [1.54, 1.807) is 0 Å². The highest BCUT2D eigenvalue weighted by Crippen LogP contribution is 2.46. The van der Waals surface area contributed by atoms with E-state index in [-0.39, 0.29) is 6.61 Å². The predicted molar refractivity (Wildman–Crippen MR) is 75.5 cm³/mol. The number of hydrogen-bond donors (Lipinski definition) is 1. The zero-order chi connectivity index (χ0) is 12.5. The number of benzene rings is 1. The normalized spacial score (nSPS) is 28.0. The Morgan fingerprint density at radius 1 is 1.24 bits per heavy atom. The van der Waals surface area contributed by atoms with Gasteiger partial charge in [0.05, 0.1) is 6.61 Å². The second-order valence-corrected chi connectivity index (χ2v) is 6.94. The summed E-state index contributed by atoms with van der Waals surface area (Å²) in [4.78, 5) is 0.642. The standard InChI is InChI=1S/C15H21BrO/c1-15(2)9-13(7-8-14(15)16)12-5-3-11(10-17)4-6-12/h3-6,13-14,17H,7-10H2,1-2H3/t13-,14-/m0/s1. The fourth-order valence-corrected chi connectivity index (χ4v) is 3.23. The van der Waals surface area contributed by atoms with Gasteiger partial charge in [-0.3, -0.25) is 0 Å². The lowest BCUT2D eigenvalue weighted by atomic mass is 9.70. The van der Waals surface area contributed by atoms with Crippen LogP contribution in [0.2, 0.25) is 0 Å². The fourth-order valence-electron chi connectivity index (χ4n) is 2.78. The van der Waals surface area contributed by atoms with Crippen LogP contribution >= 0.6 is 15.9 Å². The van der Waals surface area contributed by atoms with Crippen molar-refractivity contribution in [3.8, 4) is 0 Å². The number of hydrogen-bond acceptors (Lipinski definition) is 1. The van der Waals surface area contributed by atoms with Crippen molar-refractivity contribution in [3.63, 3.8) is 0 Å². The van der Waals surface area contributed by atoms with Crippen LogP contribution in [-0.4, -0.2) is 9.93 Å². The van der Waals surface area contributed by atoms with E-state index in [1.165, 1.54) is 24.8 Å². The van der Waals surface area contributed by atoms with Crippen molar-refractivity contribution < 1.29 is 5.11 Å². The number of alkyl halides is 1. The molecule has 1 aliphatic rings. The number of aliphatic hydroxyl groups is 1. The summed E-state index contributed by atoms with van der Waals surface area (Å²) < 4.78 is 0. The Balaban J connectivity index is 2.12. The van der Waals surface area contributed by atoms with Gasteiger partial charge in [-0.2, -0.15) is 0 Å². The van der Waals surface area contributed by atoms with Gasteiger partial charge in [-0.05, 0) is 41.7 Å². The molecule has 0 unspecified atom stereocenters. The van der Waals surface area contributed by atoms with Crippen LogP contribution < -0.4 is 0 Å². The molecule has 0 spiro atoms. The number of rotatable bonds is 2. The van der Waals surface area contributed by atoms with Crippen molar-refractivity contribution in [2.45, 2.75) is 50.5 Å². The Kier molecular flexibility index (Phi) is 3.94. The molecule has 1 saturated carbocycles. The minimum absolute atomic E-state index is 0.139. The van der Waals surface area contributed by atoms with E-state index in [2.05, 4.69) is 41.9 Å². The Bertz CT molecular complexity index is 369. The minimum Gasteiger partial charge on any atom is -0.392 e. The van der Waals surface area contributed by atoms with E-state index in [1.807, 2.05) is 12.1 Å². The topological polar surface area (TPSA) is 20.2 Å². The molecule has 0 amide bonds. The maximum Gasteiger partial charge on any atom is 0.0681 e. The molecule has 0 aliphatic heterocycles. The fraction of sp³-hybridized carbons (Fsp3) is 0.600. The Morgan fingerprint density at radius 3 is 2.41 bits per heavy atom. The maximum atomic E-state index is 9.05. The molecule has 1 fully saturated rings. The van der Waals surface area contributed by atoms with Gasteiger partial charge in [0, 0.05) is 4.83 Å². The van der Waals surface area contributed by atoms with E-state index in [0.717, 1.165) is 5.56 Å². The highest BCUT2D eigenvalue weighted by Gasteiger charge is 2.35. The van der Waals surface area contributed by atoms with Crippen LogP contribution in [0.1, 0.15) is 50.2 Å². The average molecular weight is 297 g/mol. The van der Waals surface area contributed by atoms with Gasteiger partial charge in [0.15, 0.2) is 0 Å². The molecule has 17 heavy (non-hydrogen) atoms. The molecule has 1 aliphatic carbocycles. The summed E-state index contributed by atoms with van der Waals surface area (Å²) in [5.41, 5.74) is 2.80. The van der Waals surface area contributed by atoms with Crippen LogP contribution in [0.4, 0.5) is 0 Å². The van der Waals surface area contributed by atoms with Crippen molar-refractivity contribution >= 4 is 15.9 Å². The first-order valence-electron chi connectivity index (χ1n) is 6.37. The smallest absolute Gasteiger partial charge is 0.0681 e. The van der Waals surface area contributed by atoms with Crippen molar-refractivity contribution in [1.82, 2.24) is 0 Å². The number of halogens is 1. The summed E-state index contributed by atoms with van der Waals surface area (Å²) in [6.07, 6.45) is 3.75. The Hall–Kier alpha value is -0.340. The molecule has 1 aromatic rings. The third-order valence-electron chi connectivity index (χ3n) is 4.02. The van der Waals surface area contributed by atoms with Gasteiger partial charge in [-0.25, -0.2) is 0 Å². The Labute approximate surface area is 112 Å². The first-order chi connectivity index (χ1) is 8.03. The minimum atomic E-state index is 0.139. The molecule has 0 aromatic heterocycles. The van der Waals surface area contributed by atoms with Crippen molar-refractivity contribution in [3.05, 3.63) is 35.4 Å². The van der Waals surface area contributed by atoms with Crippen LogP contribution in [0.5, 0.6) is 0 Å². The first-order valence-corrected chi connectivity index (χ1v) is 7.28. The SMILES string of the molecule is CC1(C)C[C@@H](c2ccc(CO)cc2)CC[C@@H]1Br. The first kappa shape index (κ1) is 13.1. The van der Waals surface area contributed by atoms with Crippen molar-refractivity contribution in [2.24, 2.45) is 5.41 Å². The summed E-state index contributed by atoms with van der Waals surface area (Å²) in [5, 5.41) is 9.05. The molecular formula is C15H21BrO. The van der Waals surface area contributed by atoms with Gasteiger partial charge in [0.2, 0.25) is 0 Å². The van der Waals surface area contributed by atoms with E-state index in [4.69, 9.17) is 5.11 Å². The zero-order valence-corrected chi connectivity index (χ0v) is 12.2. The van der Waals surface area contributed by atoms with Crippen molar-refractivity contribution in [2.75, 3.05) is 0 Å². The lowest BCUT2D eigenvalue weighted by Crippen LogP contribution is -2.31. The summed E-state index contributed by atoms with van der Waals surface area (Å²) in [6.45, 7) is 4.83. The van der Waals surface area contributed by atoms with Gasteiger partial charge in [0.25, 0.3) is 0 Å². The molecule has 1 aromatic carbocycles. The average Bonchev–Trinajstić information content (AvgIpc) is 2.33. The summed E-state index contributed by atoms with van der Waals surface area (Å²) >= 11 is 3.80. The summed E-state index contributed by atoms with van der Waals surface area (Å²) in [5.74, 6) is 0.673. The van der Waals surface area contributed by atoms with Gasteiger partial charge < -0.3 is 5.11 Å². The second kappa shape index (κ2) is 5.11. The highest BCUT2D eigenvalue weighted by molar-refractivity contribution is 9.09. The van der Waals surface area contributed by atoms with Crippen LogP contribution in [0, 0.1) is 5.41 Å². The van der Waals surface area contributed by atoms with Gasteiger partial charge in [-0.1, -0.05) is 54.0 Å². The highest BCUT2D eigenvalue weighted by atomic mass is 79.9. The molecule has 2 rings (SSSR count). The molecule has 2 atom stereocenters. The lowest BCUT2D eigenvalue weighted by molar-refractivity contribution is 0.234.